The monoisotopic (exact) mass is 160 g/mol. The molecule has 0 aromatic heterocycles. The summed E-state index contributed by atoms with van der Waals surface area (Å²) >= 11 is 0. The topological polar surface area (TPSA) is 57.5 Å². The summed E-state index contributed by atoms with van der Waals surface area (Å²) in [7, 11) is -3.13. The highest BCUT2D eigenvalue weighted by atomic mass is 31.1. The van der Waals surface area contributed by atoms with Gasteiger partial charge in [0.05, 0.1) is 0 Å². The van der Waals surface area contributed by atoms with E-state index >= 15 is 0 Å². The molecule has 1 rings (SSSR count). The molecule has 0 spiro atoms. The zero-order valence-corrected chi connectivity index (χ0v) is 6.27. The van der Waals surface area contributed by atoms with Gasteiger partial charge in [0.1, 0.15) is 0 Å². The lowest BCUT2D eigenvalue weighted by molar-refractivity contribution is 0.405. The van der Waals surface area contributed by atoms with Crippen LogP contribution in [0.25, 0.3) is 0 Å². The molecule has 0 bridgehead atoms. The Morgan fingerprint density at radius 3 is 1.00 bits per heavy atom. The Bertz CT molecular complexity index is 145. The van der Waals surface area contributed by atoms with Gasteiger partial charge in [0.25, 0.3) is 0 Å². The largest absolute Gasteiger partial charge is 0.326 e. The fourth-order valence-corrected chi connectivity index (χ4v) is 0.385. The Labute approximate surface area is 59.9 Å². The van der Waals surface area contributed by atoms with Crippen LogP contribution in [0, 0.1) is 0 Å². The highest BCUT2D eigenvalue weighted by molar-refractivity contribution is 7.30. The fraction of sp³-hybridized carbons (Fsp3) is 0. The average molecular weight is 160 g/mol. The number of rotatable bonds is 0. The molecule has 0 amide bonds. The van der Waals surface area contributed by atoms with Crippen LogP contribution in [0.1, 0.15) is 0 Å². The SMILES string of the molecule is O=[PH](O)O.c1ccccc1. The Hall–Kier alpha value is -0.630. The molecule has 0 fully saturated rings. The predicted octanol–water partition coefficient (Wildman–Crippen LogP) is 1.05. The summed E-state index contributed by atoms with van der Waals surface area (Å²) in [6, 6.07) is 12.0. The first-order valence-corrected chi connectivity index (χ1v) is 3.95. The maximum atomic E-state index is 8.74. The van der Waals surface area contributed by atoms with Gasteiger partial charge in [-0.1, -0.05) is 36.4 Å². The van der Waals surface area contributed by atoms with Gasteiger partial charge in [0.15, 0.2) is 0 Å². The second-order valence-electron chi connectivity index (χ2n) is 1.44. The van der Waals surface area contributed by atoms with Crippen LogP contribution >= 0.6 is 8.25 Å². The molecule has 3 nitrogen and oxygen atoms in total. The van der Waals surface area contributed by atoms with Gasteiger partial charge in [-0.05, 0) is 0 Å². The maximum absolute atomic E-state index is 8.74. The number of hydrogen-bond donors (Lipinski definition) is 2. The molecule has 0 saturated heterocycles. The second-order valence-corrected chi connectivity index (χ2v) is 2.00. The Balaban J connectivity index is 0.000000180. The van der Waals surface area contributed by atoms with E-state index in [-0.39, 0.29) is 0 Å². The van der Waals surface area contributed by atoms with Crippen molar-refractivity contribution in [3.05, 3.63) is 36.4 Å². The Morgan fingerprint density at radius 1 is 0.800 bits per heavy atom. The van der Waals surface area contributed by atoms with Crippen LogP contribution in [0.4, 0.5) is 0 Å². The fourth-order valence-electron chi connectivity index (χ4n) is 0.385. The van der Waals surface area contributed by atoms with Gasteiger partial charge in [-0.3, -0.25) is 4.57 Å². The quantitative estimate of drug-likeness (QED) is 0.557. The summed E-state index contributed by atoms with van der Waals surface area (Å²) in [6.07, 6.45) is 0. The molecule has 0 aliphatic rings. The van der Waals surface area contributed by atoms with E-state index in [1.807, 2.05) is 36.4 Å². The van der Waals surface area contributed by atoms with Crippen molar-refractivity contribution in [1.82, 2.24) is 0 Å². The first-order valence-electron chi connectivity index (χ1n) is 2.65. The van der Waals surface area contributed by atoms with Crippen LogP contribution in [-0.4, -0.2) is 9.79 Å². The third-order valence-electron chi connectivity index (χ3n) is 0.667. The van der Waals surface area contributed by atoms with Crippen molar-refractivity contribution in [2.45, 2.75) is 0 Å². The second kappa shape index (κ2) is 6.49. The molecule has 0 aliphatic carbocycles. The van der Waals surface area contributed by atoms with Gasteiger partial charge < -0.3 is 9.79 Å². The van der Waals surface area contributed by atoms with Crippen molar-refractivity contribution in [1.29, 1.82) is 0 Å². The van der Waals surface area contributed by atoms with E-state index in [2.05, 4.69) is 0 Å². The number of benzene rings is 1. The van der Waals surface area contributed by atoms with E-state index in [1.165, 1.54) is 0 Å². The highest BCUT2D eigenvalue weighted by Crippen LogP contribution is 1.98. The highest BCUT2D eigenvalue weighted by Gasteiger charge is 1.61. The van der Waals surface area contributed by atoms with Gasteiger partial charge in [-0.25, -0.2) is 0 Å². The van der Waals surface area contributed by atoms with Crippen LogP contribution in [0.15, 0.2) is 36.4 Å². The Morgan fingerprint density at radius 2 is 0.900 bits per heavy atom. The smallest absolute Gasteiger partial charge is 0.314 e. The van der Waals surface area contributed by atoms with E-state index in [4.69, 9.17) is 14.4 Å². The van der Waals surface area contributed by atoms with Gasteiger partial charge in [0.2, 0.25) is 0 Å². The minimum Gasteiger partial charge on any atom is -0.326 e. The van der Waals surface area contributed by atoms with Crippen molar-refractivity contribution in [3.63, 3.8) is 0 Å². The molecule has 0 aliphatic heterocycles. The normalized spacial score (nSPS) is 8.30. The molecule has 0 atom stereocenters. The van der Waals surface area contributed by atoms with Crippen LogP contribution in [-0.2, 0) is 4.57 Å². The zero-order valence-electron chi connectivity index (χ0n) is 5.27. The van der Waals surface area contributed by atoms with Gasteiger partial charge >= 0.3 is 8.25 Å². The molecular weight excluding hydrogens is 151 g/mol. The molecule has 1 aromatic rings. The molecule has 1 aromatic carbocycles. The van der Waals surface area contributed by atoms with E-state index in [1.54, 1.807) is 0 Å². The minimum absolute atomic E-state index is 2.00. The van der Waals surface area contributed by atoms with Crippen molar-refractivity contribution in [3.8, 4) is 0 Å². The first-order chi connectivity index (χ1) is 4.73. The van der Waals surface area contributed by atoms with Crippen molar-refractivity contribution in [2.75, 3.05) is 0 Å². The third kappa shape index (κ3) is 10.4. The van der Waals surface area contributed by atoms with Crippen LogP contribution < -0.4 is 0 Å². The van der Waals surface area contributed by atoms with Crippen LogP contribution in [0.2, 0.25) is 0 Å². The molecule has 0 unspecified atom stereocenters. The summed E-state index contributed by atoms with van der Waals surface area (Å²) in [5.41, 5.74) is 0. The van der Waals surface area contributed by atoms with E-state index in [0.29, 0.717) is 0 Å². The molecule has 2 N–H and O–H groups in total. The molecule has 0 radical (unpaired) electrons. The van der Waals surface area contributed by atoms with E-state index < -0.39 is 8.25 Å². The third-order valence-corrected chi connectivity index (χ3v) is 0.667. The first kappa shape index (κ1) is 9.37. The van der Waals surface area contributed by atoms with Gasteiger partial charge in [0, 0.05) is 0 Å². The zero-order chi connectivity index (χ0) is 7.82. The minimum atomic E-state index is -3.13. The van der Waals surface area contributed by atoms with Gasteiger partial charge in [-0.15, -0.1) is 0 Å². The van der Waals surface area contributed by atoms with Crippen molar-refractivity contribution < 1.29 is 14.4 Å². The molecule has 0 heterocycles. The van der Waals surface area contributed by atoms with Crippen LogP contribution in [0.5, 0.6) is 0 Å². The summed E-state index contributed by atoms with van der Waals surface area (Å²) in [5.74, 6) is 0. The van der Waals surface area contributed by atoms with E-state index in [9.17, 15) is 0 Å². The Kier molecular flexibility index (Phi) is 6.08. The molecule has 56 valence electrons. The molecular formula is C6H9O3P. The lowest BCUT2D eigenvalue weighted by Gasteiger charge is -1.69. The number of hydrogen-bond acceptors (Lipinski definition) is 1. The van der Waals surface area contributed by atoms with Crippen molar-refractivity contribution in [2.24, 2.45) is 0 Å². The summed E-state index contributed by atoms with van der Waals surface area (Å²) < 4.78 is 8.74. The molecule has 0 saturated carbocycles. The summed E-state index contributed by atoms with van der Waals surface area (Å²) in [4.78, 5) is 14.3. The predicted molar refractivity (Wildman–Crippen MR) is 39.9 cm³/mol. The average Bonchev–Trinajstić information content (AvgIpc) is 1.90. The maximum Gasteiger partial charge on any atom is 0.314 e. The lowest BCUT2D eigenvalue weighted by Crippen LogP contribution is -1.47. The van der Waals surface area contributed by atoms with E-state index in [0.717, 1.165) is 0 Å². The summed E-state index contributed by atoms with van der Waals surface area (Å²) in [5, 5.41) is 0. The van der Waals surface area contributed by atoms with Crippen LogP contribution in [0.3, 0.4) is 0 Å². The standard InChI is InChI=1S/C6H6.H3O3P/c1-2-4-6-5-3-1;1-4(2)3/h1-6H;4H,(H2,1,2,3). The van der Waals surface area contributed by atoms with Gasteiger partial charge in [-0.2, -0.15) is 0 Å². The molecule has 4 heteroatoms. The van der Waals surface area contributed by atoms with Crippen molar-refractivity contribution >= 4 is 8.25 Å². The molecule has 10 heavy (non-hydrogen) atoms. The lowest BCUT2D eigenvalue weighted by atomic mass is 10.4. The summed E-state index contributed by atoms with van der Waals surface area (Å²) in [6.45, 7) is 0.